The van der Waals surface area contributed by atoms with Crippen LogP contribution in [0, 0.1) is 6.92 Å². The van der Waals surface area contributed by atoms with Gasteiger partial charge in [-0.25, -0.2) is 0 Å². The van der Waals surface area contributed by atoms with Gasteiger partial charge >= 0.3 is 0 Å². The average Bonchev–Trinajstić information content (AvgIpc) is 3.16. The molecule has 194 valence electrons. The number of allylic oxidation sites excluding steroid dienone is 3. The third-order valence-electron chi connectivity index (χ3n) is 7.19. The molecular formula is C29H24ClNO7. The molecule has 3 aromatic rings. The number of ketones is 2. The lowest BCUT2D eigenvalue weighted by molar-refractivity contribution is -0.123. The molecule has 0 saturated carbocycles. The van der Waals surface area contributed by atoms with Gasteiger partial charge in [0, 0.05) is 23.7 Å². The molecule has 1 aliphatic carbocycles. The Hall–Kier alpha value is -4.30. The molecule has 0 saturated heterocycles. The summed E-state index contributed by atoms with van der Waals surface area (Å²) in [5.74, 6) is -2.89. The number of hydrogen-bond acceptors (Lipinski definition) is 7. The van der Waals surface area contributed by atoms with E-state index in [1.807, 2.05) is 31.2 Å². The summed E-state index contributed by atoms with van der Waals surface area (Å²) in [7, 11) is 1.34. The number of hydrogen-bond donors (Lipinski definition) is 3. The van der Waals surface area contributed by atoms with Crippen molar-refractivity contribution < 1.29 is 34.1 Å². The van der Waals surface area contributed by atoms with Crippen LogP contribution in [0.5, 0.6) is 17.2 Å². The number of phenolic OH excluding ortho intramolecular Hbond substituents is 1. The standard InChI is InChI=1S/C29H24ClNO7/c1-13-5-6-15-9-16(30)7-8-17(15)18(13)12-31-28(36)24-21(37-4)10-20(34)25-26(24)38-22-11-19(33)23(14(2)32)27(35)29(22,25)3/h5-11,33-34H,12H2,1-4H3,(H,31,36)/t29-/m1/s1. The lowest BCUT2D eigenvalue weighted by atomic mass is 9.71. The zero-order valence-electron chi connectivity index (χ0n) is 21.1. The van der Waals surface area contributed by atoms with E-state index in [0.29, 0.717) is 5.02 Å². The van der Waals surface area contributed by atoms with E-state index in [1.54, 1.807) is 6.07 Å². The molecule has 0 fully saturated rings. The maximum atomic E-state index is 13.6. The van der Waals surface area contributed by atoms with Gasteiger partial charge in [-0.2, -0.15) is 0 Å². The molecule has 0 bridgehead atoms. The van der Waals surface area contributed by atoms with Crippen molar-refractivity contribution >= 4 is 39.8 Å². The van der Waals surface area contributed by atoms with Crippen LogP contribution in [-0.2, 0) is 21.5 Å². The van der Waals surface area contributed by atoms with Crippen molar-refractivity contribution in [3.63, 3.8) is 0 Å². The number of benzene rings is 3. The minimum atomic E-state index is -1.63. The van der Waals surface area contributed by atoms with Gasteiger partial charge in [0.15, 0.2) is 17.3 Å². The summed E-state index contributed by atoms with van der Waals surface area (Å²) in [5.41, 5.74) is -0.190. The minimum absolute atomic E-state index is 0.0145. The molecular weight excluding hydrogens is 510 g/mol. The molecule has 1 heterocycles. The fourth-order valence-electron chi connectivity index (χ4n) is 5.19. The van der Waals surface area contributed by atoms with E-state index < -0.39 is 34.2 Å². The fraction of sp³-hybridized carbons (Fsp3) is 0.207. The van der Waals surface area contributed by atoms with Gasteiger partial charge in [-0.3, -0.25) is 14.4 Å². The average molecular weight is 534 g/mol. The van der Waals surface area contributed by atoms with Gasteiger partial charge in [0.1, 0.15) is 39.6 Å². The first-order valence-electron chi connectivity index (χ1n) is 11.8. The predicted molar refractivity (Wildman–Crippen MR) is 141 cm³/mol. The van der Waals surface area contributed by atoms with Crippen LogP contribution in [0.1, 0.15) is 40.9 Å². The molecule has 3 N–H and O–H groups in total. The Morgan fingerprint density at radius 3 is 2.58 bits per heavy atom. The number of Topliss-reactive ketones (excluding diaryl/α,β-unsaturated/α-hetero) is 2. The molecule has 2 aliphatic rings. The monoisotopic (exact) mass is 533 g/mol. The first-order valence-corrected chi connectivity index (χ1v) is 12.2. The number of carbonyl (C=O) groups is 3. The van der Waals surface area contributed by atoms with Crippen molar-refractivity contribution in [3.8, 4) is 17.2 Å². The van der Waals surface area contributed by atoms with Gasteiger partial charge in [-0.15, -0.1) is 0 Å². The summed E-state index contributed by atoms with van der Waals surface area (Å²) in [6, 6.07) is 10.6. The Bertz CT molecular complexity index is 1650. The van der Waals surface area contributed by atoms with E-state index in [4.69, 9.17) is 21.1 Å². The Morgan fingerprint density at radius 2 is 1.89 bits per heavy atom. The number of aliphatic hydroxyl groups excluding tert-OH is 1. The molecule has 1 amide bonds. The highest BCUT2D eigenvalue weighted by Crippen LogP contribution is 2.56. The van der Waals surface area contributed by atoms with Crippen molar-refractivity contribution in [3.05, 3.63) is 86.8 Å². The van der Waals surface area contributed by atoms with Crippen LogP contribution >= 0.6 is 11.6 Å². The van der Waals surface area contributed by atoms with Crippen molar-refractivity contribution in [2.24, 2.45) is 0 Å². The lowest BCUT2D eigenvalue weighted by Gasteiger charge is -2.27. The minimum Gasteiger partial charge on any atom is -0.507 e. The quantitative estimate of drug-likeness (QED) is 0.396. The zero-order chi connectivity index (χ0) is 27.5. The van der Waals surface area contributed by atoms with Crippen molar-refractivity contribution in [2.75, 3.05) is 7.11 Å². The first kappa shape index (κ1) is 25.4. The third-order valence-corrected chi connectivity index (χ3v) is 7.42. The first-order chi connectivity index (χ1) is 18.0. The summed E-state index contributed by atoms with van der Waals surface area (Å²) in [4.78, 5) is 39.1. The molecule has 3 aromatic carbocycles. The second kappa shape index (κ2) is 8.92. The van der Waals surface area contributed by atoms with Gasteiger partial charge in [0.25, 0.3) is 5.91 Å². The van der Waals surface area contributed by atoms with E-state index in [2.05, 4.69) is 5.32 Å². The number of fused-ring (bicyclic) bond motifs is 4. The van der Waals surface area contributed by atoms with Crippen LogP contribution in [-0.4, -0.2) is 34.8 Å². The van der Waals surface area contributed by atoms with Crippen LogP contribution in [0.4, 0.5) is 0 Å². The Labute approximate surface area is 223 Å². The summed E-state index contributed by atoms with van der Waals surface area (Å²) in [6.07, 6.45) is 1.16. The van der Waals surface area contributed by atoms with Gasteiger partial charge < -0.3 is 25.0 Å². The van der Waals surface area contributed by atoms with Gasteiger partial charge in [0.05, 0.1) is 12.7 Å². The van der Waals surface area contributed by atoms with Crippen molar-refractivity contribution in [1.82, 2.24) is 5.32 Å². The number of carbonyl (C=O) groups excluding carboxylic acids is 3. The highest BCUT2D eigenvalue weighted by Gasteiger charge is 2.55. The number of aromatic hydroxyl groups is 1. The number of amides is 1. The van der Waals surface area contributed by atoms with Crippen LogP contribution < -0.4 is 14.8 Å². The number of rotatable bonds is 5. The topological polar surface area (TPSA) is 122 Å². The van der Waals surface area contributed by atoms with Crippen LogP contribution in [0.15, 0.2) is 59.6 Å². The molecule has 1 atom stereocenters. The molecule has 0 spiro atoms. The third kappa shape index (κ3) is 3.63. The molecule has 0 unspecified atom stereocenters. The SMILES string of the molecule is COc1cc(O)c2c(c1C(=O)NCc1c(C)ccc3cc(Cl)ccc13)OC1=CC(O)=C(C(C)=O)C(=O)[C@]12C. The van der Waals surface area contributed by atoms with Crippen LogP contribution in [0.2, 0.25) is 5.02 Å². The highest BCUT2D eigenvalue weighted by molar-refractivity contribution is 6.31. The van der Waals surface area contributed by atoms with Crippen molar-refractivity contribution in [1.29, 1.82) is 0 Å². The number of nitrogens with one attached hydrogen (secondary N) is 1. The van der Waals surface area contributed by atoms with E-state index in [1.165, 1.54) is 27.0 Å². The van der Waals surface area contributed by atoms with E-state index in [0.717, 1.165) is 28.0 Å². The normalized spacial score (nSPS) is 18.0. The summed E-state index contributed by atoms with van der Waals surface area (Å²) < 4.78 is 11.3. The van der Waals surface area contributed by atoms with Crippen LogP contribution in [0.25, 0.3) is 10.8 Å². The number of ether oxygens (including phenoxy) is 2. The van der Waals surface area contributed by atoms with Gasteiger partial charge in [0.2, 0.25) is 0 Å². The number of aryl methyl sites for hydroxylation is 1. The van der Waals surface area contributed by atoms with Crippen molar-refractivity contribution in [2.45, 2.75) is 32.7 Å². The zero-order valence-corrected chi connectivity index (χ0v) is 21.8. The van der Waals surface area contributed by atoms with E-state index in [-0.39, 0.29) is 40.7 Å². The molecule has 1 aliphatic heterocycles. The van der Waals surface area contributed by atoms with Gasteiger partial charge in [-0.05, 0) is 54.8 Å². The summed E-state index contributed by atoms with van der Waals surface area (Å²) in [5, 5.41) is 26.6. The molecule has 0 aromatic heterocycles. The number of methoxy groups -OCH3 is 1. The maximum Gasteiger partial charge on any atom is 0.259 e. The molecule has 9 heteroatoms. The Balaban J connectivity index is 1.58. The summed E-state index contributed by atoms with van der Waals surface area (Å²) in [6.45, 7) is 4.74. The molecule has 0 radical (unpaired) electrons. The second-order valence-corrected chi connectivity index (χ2v) is 9.90. The summed E-state index contributed by atoms with van der Waals surface area (Å²) >= 11 is 6.14. The predicted octanol–water partition coefficient (Wildman–Crippen LogP) is 4.96. The Kier molecular flexibility index (Phi) is 5.95. The molecule has 5 rings (SSSR count). The Morgan fingerprint density at radius 1 is 1.16 bits per heavy atom. The van der Waals surface area contributed by atoms with E-state index >= 15 is 0 Å². The van der Waals surface area contributed by atoms with E-state index in [9.17, 15) is 24.6 Å². The fourth-order valence-corrected chi connectivity index (χ4v) is 5.37. The smallest absolute Gasteiger partial charge is 0.259 e. The molecule has 8 nitrogen and oxygen atoms in total. The van der Waals surface area contributed by atoms with Gasteiger partial charge in [-0.1, -0.05) is 29.8 Å². The number of aliphatic hydroxyl groups is 1. The highest BCUT2D eigenvalue weighted by atomic mass is 35.5. The largest absolute Gasteiger partial charge is 0.507 e. The number of phenols is 1. The second-order valence-electron chi connectivity index (χ2n) is 9.47. The number of halogens is 1. The molecule has 38 heavy (non-hydrogen) atoms. The lowest BCUT2D eigenvalue weighted by Crippen LogP contribution is -2.38. The van der Waals surface area contributed by atoms with Crippen LogP contribution in [0.3, 0.4) is 0 Å². The maximum absolute atomic E-state index is 13.6.